The SMILES string of the molecule is NCc1csc(Cc2nccs2)n1. The van der Waals surface area contributed by atoms with E-state index in [1.54, 1.807) is 22.7 Å². The third kappa shape index (κ3) is 2.12. The molecular weight excluding hydrogens is 202 g/mol. The standard InChI is InChI=1S/C8H9N3S2/c9-4-6-5-13-8(11-6)3-7-10-1-2-12-7/h1-2,5H,3-4,9H2. The van der Waals surface area contributed by atoms with Gasteiger partial charge in [-0.05, 0) is 0 Å². The highest BCUT2D eigenvalue weighted by atomic mass is 32.1. The molecule has 0 saturated carbocycles. The summed E-state index contributed by atoms with van der Waals surface area (Å²) in [6.07, 6.45) is 2.65. The van der Waals surface area contributed by atoms with Crippen LogP contribution in [0.25, 0.3) is 0 Å². The first-order valence-corrected chi connectivity index (χ1v) is 5.66. The van der Waals surface area contributed by atoms with E-state index >= 15 is 0 Å². The molecule has 2 aromatic heterocycles. The van der Waals surface area contributed by atoms with E-state index in [-0.39, 0.29) is 0 Å². The Morgan fingerprint density at radius 1 is 1.31 bits per heavy atom. The maximum Gasteiger partial charge on any atom is 0.0997 e. The van der Waals surface area contributed by atoms with E-state index in [2.05, 4.69) is 9.97 Å². The number of aromatic nitrogens is 2. The number of nitrogens with zero attached hydrogens (tertiary/aromatic N) is 2. The van der Waals surface area contributed by atoms with Crippen molar-refractivity contribution >= 4 is 22.7 Å². The normalized spacial score (nSPS) is 10.5. The highest BCUT2D eigenvalue weighted by molar-refractivity contribution is 7.11. The Hall–Kier alpha value is -0.780. The molecule has 2 heterocycles. The molecule has 5 heteroatoms. The van der Waals surface area contributed by atoms with Crippen molar-refractivity contribution in [2.75, 3.05) is 0 Å². The Morgan fingerprint density at radius 3 is 2.85 bits per heavy atom. The highest BCUT2D eigenvalue weighted by Crippen LogP contribution is 2.15. The lowest BCUT2D eigenvalue weighted by Crippen LogP contribution is -1.96. The molecule has 13 heavy (non-hydrogen) atoms. The Bertz CT molecular complexity index is 366. The fraction of sp³-hybridized carbons (Fsp3) is 0.250. The van der Waals surface area contributed by atoms with Crippen LogP contribution in [-0.2, 0) is 13.0 Å². The number of nitrogens with two attached hydrogens (primary N) is 1. The van der Waals surface area contributed by atoms with Crippen LogP contribution in [0.2, 0.25) is 0 Å². The topological polar surface area (TPSA) is 51.8 Å². The number of thiazole rings is 2. The zero-order valence-electron chi connectivity index (χ0n) is 6.93. The van der Waals surface area contributed by atoms with Crippen molar-refractivity contribution in [1.29, 1.82) is 0 Å². The molecule has 0 amide bonds. The van der Waals surface area contributed by atoms with Crippen molar-refractivity contribution in [3.63, 3.8) is 0 Å². The fourth-order valence-electron chi connectivity index (χ4n) is 0.994. The second-order valence-electron chi connectivity index (χ2n) is 2.54. The first kappa shape index (κ1) is 8.80. The molecular formula is C8H9N3S2. The third-order valence-corrected chi connectivity index (χ3v) is 3.27. The van der Waals surface area contributed by atoms with Crippen LogP contribution in [0.3, 0.4) is 0 Å². The van der Waals surface area contributed by atoms with Gasteiger partial charge in [-0.15, -0.1) is 22.7 Å². The largest absolute Gasteiger partial charge is 0.325 e. The molecule has 0 aliphatic heterocycles. The molecule has 0 atom stereocenters. The van der Waals surface area contributed by atoms with Crippen LogP contribution in [0, 0.1) is 0 Å². The summed E-state index contributed by atoms with van der Waals surface area (Å²) in [6.45, 7) is 0.522. The van der Waals surface area contributed by atoms with Crippen molar-refractivity contribution in [2.24, 2.45) is 5.73 Å². The molecule has 2 aromatic rings. The highest BCUT2D eigenvalue weighted by Gasteiger charge is 2.03. The Labute approximate surface area is 84.3 Å². The molecule has 0 spiro atoms. The van der Waals surface area contributed by atoms with Gasteiger partial charge in [0, 0.05) is 23.5 Å². The first-order valence-electron chi connectivity index (χ1n) is 3.90. The quantitative estimate of drug-likeness (QED) is 0.840. The minimum atomic E-state index is 0.522. The second kappa shape index (κ2) is 3.95. The summed E-state index contributed by atoms with van der Waals surface area (Å²) >= 11 is 3.31. The van der Waals surface area contributed by atoms with Gasteiger partial charge in [0.15, 0.2) is 0 Å². The summed E-state index contributed by atoms with van der Waals surface area (Å²) < 4.78 is 0. The molecule has 0 bridgehead atoms. The van der Waals surface area contributed by atoms with E-state index in [0.29, 0.717) is 6.54 Å². The lowest BCUT2D eigenvalue weighted by atomic mass is 10.4. The van der Waals surface area contributed by atoms with Crippen molar-refractivity contribution in [1.82, 2.24) is 9.97 Å². The average molecular weight is 211 g/mol. The van der Waals surface area contributed by atoms with E-state index in [1.165, 1.54) is 0 Å². The van der Waals surface area contributed by atoms with E-state index in [4.69, 9.17) is 5.73 Å². The second-order valence-corrected chi connectivity index (χ2v) is 4.46. The zero-order chi connectivity index (χ0) is 9.10. The van der Waals surface area contributed by atoms with E-state index in [9.17, 15) is 0 Å². The number of hydrogen-bond donors (Lipinski definition) is 1. The van der Waals surface area contributed by atoms with Crippen molar-refractivity contribution in [3.05, 3.63) is 32.7 Å². The van der Waals surface area contributed by atoms with Gasteiger partial charge in [-0.3, -0.25) is 0 Å². The van der Waals surface area contributed by atoms with Crippen LogP contribution in [0.1, 0.15) is 15.7 Å². The number of rotatable bonds is 3. The predicted molar refractivity (Wildman–Crippen MR) is 54.9 cm³/mol. The van der Waals surface area contributed by atoms with Crippen molar-refractivity contribution in [3.8, 4) is 0 Å². The van der Waals surface area contributed by atoms with Crippen LogP contribution in [-0.4, -0.2) is 9.97 Å². The molecule has 0 aliphatic carbocycles. The maximum absolute atomic E-state index is 5.47. The van der Waals surface area contributed by atoms with Crippen molar-refractivity contribution < 1.29 is 0 Å². The predicted octanol–water partition coefficient (Wildman–Crippen LogP) is 1.65. The minimum absolute atomic E-state index is 0.522. The minimum Gasteiger partial charge on any atom is -0.325 e. The van der Waals surface area contributed by atoms with Crippen LogP contribution in [0.15, 0.2) is 17.0 Å². The van der Waals surface area contributed by atoms with Gasteiger partial charge in [0.05, 0.1) is 22.1 Å². The third-order valence-electron chi connectivity index (χ3n) is 1.59. The summed E-state index contributed by atoms with van der Waals surface area (Å²) in [6, 6.07) is 0. The molecule has 68 valence electrons. The Morgan fingerprint density at radius 2 is 2.23 bits per heavy atom. The van der Waals surface area contributed by atoms with Gasteiger partial charge in [-0.1, -0.05) is 0 Å². The van der Waals surface area contributed by atoms with Crippen LogP contribution >= 0.6 is 22.7 Å². The molecule has 0 radical (unpaired) electrons. The van der Waals surface area contributed by atoms with E-state index in [1.807, 2.05) is 17.0 Å². The summed E-state index contributed by atoms with van der Waals surface area (Å²) in [5.74, 6) is 0. The lowest BCUT2D eigenvalue weighted by molar-refractivity contribution is 0.979. The van der Waals surface area contributed by atoms with Gasteiger partial charge in [-0.2, -0.15) is 0 Å². The summed E-state index contributed by atoms with van der Waals surface area (Å²) in [7, 11) is 0. The smallest absolute Gasteiger partial charge is 0.0997 e. The Balaban J connectivity index is 2.10. The molecule has 3 nitrogen and oxygen atoms in total. The number of hydrogen-bond acceptors (Lipinski definition) is 5. The molecule has 0 saturated heterocycles. The summed E-state index contributed by atoms with van der Waals surface area (Å²) in [4.78, 5) is 8.56. The Kier molecular flexibility index (Phi) is 2.68. The fourth-order valence-corrected chi connectivity index (χ4v) is 2.52. The van der Waals surface area contributed by atoms with Gasteiger partial charge in [0.1, 0.15) is 0 Å². The van der Waals surface area contributed by atoms with Gasteiger partial charge < -0.3 is 5.73 Å². The van der Waals surface area contributed by atoms with E-state index in [0.717, 1.165) is 22.1 Å². The maximum atomic E-state index is 5.47. The lowest BCUT2D eigenvalue weighted by Gasteiger charge is -1.89. The first-order chi connectivity index (χ1) is 6.38. The van der Waals surface area contributed by atoms with Gasteiger partial charge in [0.2, 0.25) is 0 Å². The van der Waals surface area contributed by atoms with Gasteiger partial charge in [-0.25, -0.2) is 9.97 Å². The average Bonchev–Trinajstić information content (AvgIpc) is 2.76. The van der Waals surface area contributed by atoms with Gasteiger partial charge >= 0.3 is 0 Å². The molecule has 2 rings (SSSR count). The molecule has 0 aliphatic rings. The summed E-state index contributed by atoms with van der Waals surface area (Å²) in [5.41, 5.74) is 6.44. The molecule has 0 aromatic carbocycles. The molecule has 0 fully saturated rings. The van der Waals surface area contributed by atoms with Crippen LogP contribution < -0.4 is 5.73 Å². The van der Waals surface area contributed by atoms with Crippen LogP contribution in [0.4, 0.5) is 0 Å². The van der Waals surface area contributed by atoms with E-state index < -0.39 is 0 Å². The molecule has 0 unspecified atom stereocenters. The van der Waals surface area contributed by atoms with Crippen molar-refractivity contribution in [2.45, 2.75) is 13.0 Å². The summed E-state index contributed by atoms with van der Waals surface area (Å²) in [5, 5.41) is 6.18. The van der Waals surface area contributed by atoms with Gasteiger partial charge in [0.25, 0.3) is 0 Å². The van der Waals surface area contributed by atoms with Crippen LogP contribution in [0.5, 0.6) is 0 Å². The monoisotopic (exact) mass is 211 g/mol. The molecule has 2 N–H and O–H groups in total. The zero-order valence-corrected chi connectivity index (χ0v) is 8.57.